The molecule has 0 radical (unpaired) electrons. The first kappa shape index (κ1) is 12.3. The number of rotatable bonds is 1. The van der Waals surface area contributed by atoms with Crippen molar-refractivity contribution in [3.05, 3.63) is 23.8 Å². The molecule has 2 aliphatic heterocycles. The van der Waals surface area contributed by atoms with E-state index in [-0.39, 0.29) is 6.03 Å². The number of piperidine rings is 1. The average molecular weight is 259 g/mol. The average Bonchev–Trinajstić information content (AvgIpc) is 2.87. The SMILES string of the molecule is CC1CCN(C(=O)Nc2ccc3c(c2)CCN3)CC1. The van der Waals surface area contributed by atoms with Crippen molar-refractivity contribution in [1.29, 1.82) is 0 Å². The molecule has 0 saturated carbocycles. The van der Waals surface area contributed by atoms with Gasteiger partial charge in [0, 0.05) is 31.0 Å². The highest BCUT2D eigenvalue weighted by Crippen LogP contribution is 2.25. The lowest BCUT2D eigenvalue weighted by atomic mass is 10.00. The van der Waals surface area contributed by atoms with Crippen LogP contribution in [0, 0.1) is 5.92 Å². The Balaban J connectivity index is 1.63. The normalized spacial score (nSPS) is 18.9. The number of benzene rings is 1. The van der Waals surface area contributed by atoms with Gasteiger partial charge in [-0.05, 0) is 48.9 Å². The fraction of sp³-hybridized carbons (Fsp3) is 0.533. The van der Waals surface area contributed by atoms with Gasteiger partial charge in [0.15, 0.2) is 0 Å². The third-order valence-corrected chi connectivity index (χ3v) is 4.14. The Morgan fingerprint density at radius 3 is 2.95 bits per heavy atom. The molecule has 0 atom stereocenters. The maximum Gasteiger partial charge on any atom is 0.321 e. The Morgan fingerprint density at radius 2 is 2.16 bits per heavy atom. The molecular formula is C15H21N3O. The first-order chi connectivity index (χ1) is 9.22. The van der Waals surface area contributed by atoms with Gasteiger partial charge in [-0.3, -0.25) is 0 Å². The molecule has 4 nitrogen and oxygen atoms in total. The smallest absolute Gasteiger partial charge is 0.321 e. The third-order valence-electron chi connectivity index (χ3n) is 4.14. The van der Waals surface area contributed by atoms with Crippen LogP contribution in [0.1, 0.15) is 25.3 Å². The minimum absolute atomic E-state index is 0.0396. The van der Waals surface area contributed by atoms with Crippen LogP contribution in [0.15, 0.2) is 18.2 Å². The molecule has 2 heterocycles. The van der Waals surface area contributed by atoms with Gasteiger partial charge >= 0.3 is 6.03 Å². The molecule has 19 heavy (non-hydrogen) atoms. The Hall–Kier alpha value is -1.71. The summed E-state index contributed by atoms with van der Waals surface area (Å²) < 4.78 is 0. The molecule has 102 valence electrons. The van der Waals surface area contributed by atoms with E-state index in [9.17, 15) is 4.79 Å². The van der Waals surface area contributed by atoms with E-state index in [0.29, 0.717) is 0 Å². The minimum atomic E-state index is 0.0396. The summed E-state index contributed by atoms with van der Waals surface area (Å²) in [5.41, 5.74) is 3.40. The Bertz CT molecular complexity index is 478. The van der Waals surface area contributed by atoms with Gasteiger partial charge in [0.2, 0.25) is 0 Å². The first-order valence-corrected chi connectivity index (χ1v) is 7.15. The quantitative estimate of drug-likeness (QED) is 0.814. The van der Waals surface area contributed by atoms with Crippen molar-refractivity contribution in [2.45, 2.75) is 26.2 Å². The molecule has 0 unspecified atom stereocenters. The van der Waals surface area contributed by atoms with Gasteiger partial charge in [0.25, 0.3) is 0 Å². The molecule has 0 spiro atoms. The fourth-order valence-electron chi connectivity index (χ4n) is 2.80. The van der Waals surface area contributed by atoms with Gasteiger partial charge in [-0.2, -0.15) is 0 Å². The number of hydrogen-bond acceptors (Lipinski definition) is 2. The van der Waals surface area contributed by atoms with Crippen LogP contribution in [-0.2, 0) is 6.42 Å². The number of urea groups is 1. The van der Waals surface area contributed by atoms with E-state index in [2.05, 4.69) is 29.7 Å². The number of nitrogens with one attached hydrogen (secondary N) is 2. The molecule has 1 aromatic rings. The lowest BCUT2D eigenvalue weighted by Crippen LogP contribution is -2.40. The summed E-state index contributed by atoms with van der Waals surface area (Å²) in [7, 11) is 0. The molecule has 1 aromatic carbocycles. The summed E-state index contributed by atoms with van der Waals surface area (Å²) in [6.07, 6.45) is 3.27. The van der Waals surface area contributed by atoms with Crippen molar-refractivity contribution >= 4 is 17.4 Å². The van der Waals surface area contributed by atoms with Crippen LogP contribution in [0.3, 0.4) is 0 Å². The number of nitrogens with zero attached hydrogens (tertiary/aromatic N) is 1. The second kappa shape index (κ2) is 5.11. The Labute approximate surface area is 114 Å². The molecule has 1 saturated heterocycles. The summed E-state index contributed by atoms with van der Waals surface area (Å²) in [5, 5.41) is 6.34. The number of likely N-dealkylation sites (tertiary alicyclic amines) is 1. The van der Waals surface area contributed by atoms with E-state index in [1.807, 2.05) is 11.0 Å². The first-order valence-electron chi connectivity index (χ1n) is 7.15. The van der Waals surface area contributed by atoms with Gasteiger partial charge in [0.05, 0.1) is 0 Å². The van der Waals surface area contributed by atoms with Gasteiger partial charge in [-0.15, -0.1) is 0 Å². The van der Waals surface area contributed by atoms with Crippen LogP contribution >= 0.6 is 0 Å². The van der Waals surface area contributed by atoms with Crippen molar-refractivity contribution in [3.63, 3.8) is 0 Å². The van der Waals surface area contributed by atoms with Crippen LogP contribution in [0.25, 0.3) is 0 Å². The maximum atomic E-state index is 12.2. The van der Waals surface area contributed by atoms with E-state index in [4.69, 9.17) is 0 Å². The fourth-order valence-corrected chi connectivity index (χ4v) is 2.80. The van der Waals surface area contributed by atoms with Gasteiger partial charge in [-0.1, -0.05) is 6.92 Å². The van der Waals surface area contributed by atoms with E-state index in [1.54, 1.807) is 0 Å². The molecule has 1 fully saturated rings. The summed E-state index contributed by atoms with van der Waals surface area (Å²) in [5.74, 6) is 0.745. The van der Waals surface area contributed by atoms with E-state index in [0.717, 1.165) is 50.5 Å². The number of amides is 2. The Kier molecular flexibility index (Phi) is 3.32. The van der Waals surface area contributed by atoms with Crippen LogP contribution in [0.5, 0.6) is 0 Å². The molecule has 0 bridgehead atoms. The number of carbonyl (C=O) groups is 1. The summed E-state index contributed by atoms with van der Waals surface area (Å²) in [4.78, 5) is 14.1. The van der Waals surface area contributed by atoms with Crippen LogP contribution in [-0.4, -0.2) is 30.6 Å². The van der Waals surface area contributed by atoms with E-state index < -0.39 is 0 Å². The predicted octanol–water partition coefficient (Wildman–Crippen LogP) is 2.92. The number of anilines is 2. The molecule has 0 aromatic heterocycles. The highest BCUT2D eigenvalue weighted by atomic mass is 16.2. The molecular weight excluding hydrogens is 238 g/mol. The summed E-state index contributed by atoms with van der Waals surface area (Å²) >= 11 is 0. The van der Waals surface area contributed by atoms with Crippen LogP contribution in [0.2, 0.25) is 0 Å². The standard InChI is InChI=1S/C15H21N3O/c1-11-5-8-18(9-6-11)15(19)17-13-2-3-14-12(10-13)4-7-16-14/h2-3,10-11,16H,4-9H2,1H3,(H,17,19). The second-order valence-electron chi connectivity index (χ2n) is 5.65. The second-order valence-corrected chi connectivity index (χ2v) is 5.65. The van der Waals surface area contributed by atoms with Crippen molar-refractivity contribution in [3.8, 4) is 0 Å². The molecule has 0 aliphatic carbocycles. The monoisotopic (exact) mass is 259 g/mol. The molecule has 2 aliphatic rings. The van der Waals surface area contributed by atoms with Crippen molar-refractivity contribution in [2.24, 2.45) is 5.92 Å². The van der Waals surface area contributed by atoms with Gasteiger partial charge < -0.3 is 15.5 Å². The zero-order chi connectivity index (χ0) is 13.2. The van der Waals surface area contributed by atoms with Gasteiger partial charge in [-0.25, -0.2) is 4.79 Å². The lowest BCUT2D eigenvalue weighted by molar-refractivity contribution is 0.186. The van der Waals surface area contributed by atoms with E-state index in [1.165, 1.54) is 11.3 Å². The van der Waals surface area contributed by atoms with Crippen LogP contribution < -0.4 is 10.6 Å². The highest BCUT2D eigenvalue weighted by Gasteiger charge is 2.20. The third kappa shape index (κ3) is 2.67. The topological polar surface area (TPSA) is 44.4 Å². The Morgan fingerprint density at radius 1 is 1.37 bits per heavy atom. The van der Waals surface area contributed by atoms with Crippen LogP contribution in [0.4, 0.5) is 16.2 Å². The summed E-state index contributed by atoms with van der Waals surface area (Å²) in [6.45, 7) is 5.00. The van der Waals surface area contributed by atoms with E-state index >= 15 is 0 Å². The predicted molar refractivity (Wildman–Crippen MR) is 77.6 cm³/mol. The molecule has 4 heteroatoms. The minimum Gasteiger partial charge on any atom is -0.384 e. The zero-order valence-corrected chi connectivity index (χ0v) is 11.4. The molecule has 3 rings (SSSR count). The summed E-state index contributed by atoms with van der Waals surface area (Å²) in [6, 6.07) is 6.15. The van der Waals surface area contributed by atoms with Crippen molar-refractivity contribution in [2.75, 3.05) is 30.3 Å². The number of carbonyl (C=O) groups excluding carboxylic acids is 1. The lowest BCUT2D eigenvalue weighted by Gasteiger charge is -2.30. The largest absolute Gasteiger partial charge is 0.384 e. The number of hydrogen-bond donors (Lipinski definition) is 2. The zero-order valence-electron chi connectivity index (χ0n) is 11.4. The van der Waals surface area contributed by atoms with Crippen molar-refractivity contribution < 1.29 is 4.79 Å². The maximum absolute atomic E-state index is 12.2. The van der Waals surface area contributed by atoms with Crippen molar-refractivity contribution in [1.82, 2.24) is 4.90 Å². The highest BCUT2D eigenvalue weighted by molar-refractivity contribution is 5.90. The van der Waals surface area contributed by atoms with Gasteiger partial charge in [0.1, 0.15) is 0 Å². The molecule has 2 amide bonds. The number of fused-ring (bicyclic) bond motifs is 1. The molecule has 2 N–H and O–H groups in total.